The molecule has 1 fully saturated rings. The molecule has 1 atom stereocenters. The lowest BCUT2D eigenvalue weighted by Gasteiger charge is -2.11. The maximum absolute atomic E-state index is 12.2. The highest BCUT2D eigenvalue weighted by atomic mass is 32.2. The summed E-state index contributed by atoms with van der Waals surface area (Å²) in [6, 6.07) is 10.2. The summed E-state index contributed by atoms with van der Waals surface area (Å²) in [4.78, 5) is 4.26. The summed E-state index contributed by atoms with van der Waals surface area (Å²) in [6.45, 7) is 0. The van der Waals surface area contributed by atoms with Crippen molar-refractivity contribution in [1.29, 1.82) is 0 Å². The second-order valence-electron chi connectivity index (χ2n) is 5.46. The number of hydrogen-bond acceptors (Lipinski definition) is 4. The number of hydrogen-bond donors (Lipinski definition) is 0. The van der Waals surface area contributed by atoms with Gasteiger partial charge in [0.1, 0.15) is 5.82 Å². The second-order valence-corrected chi connectivity index (χ2v) is 7.59. The van der Waals surface area contributed by atoms with Gasteiger partial charge < -0.3 is 0 Å². The van der Waals surface area contributed by atoms with Crippen LogP contribution in [0.5, 0.6) is 0 Å². The molecule has 5 nitrogen and oxygen atoms in total. The summed E-state index contributed by atoms with van der Waals surface area (Å²) in [5.41, 5.74) is 1.16. The van der Waals surface area contributed by atoms with E-state index in [2.05, 4.69) is 22.2 Å². The van der Waals surface area contributed by atoms with Crippen LogP contribution in [0.1, 0.15) is 36.7 Å². The predicted octanol–water partition coefficient (Wildman–Crippen LogP) is 1.75. The molecule has 20 heavy (non-hydrogen) atoms. The van der Waals surface area contributed by atoms with E-state index in [0.29, 0.717) is 0 Å². The van der Waals surface area contributed by atoms with Crippen LogP contribution in [0.4, 0.5) is 0 Å². The van der Waals surface area contributed by atoms with E-state index in [1.807, 2.05) is 18.2 Å². The summed E-state index contributed by atoms with van der Waals surface area (Å²) in [5, 5.41) is 4.07. The number of aryl methyl sites for hydroxylation is 1. The first-order chi connectivity index (χ1) is 9.66. The zero-order valence-electron chi connectivity index (χ0n) is 10.9. The van der Waals surface area contributed by atoms with E-state index >= 15 is 0 Å². The molecule has 0 unspecified atom stereocenters. The molecule has 0 N–H and O–H groups in total. The minimum atomic E-state index is -3.29. The maximum atomic E-state index is 12.2. The number of sulfone groups is 1. The molecule has 0 amide bonds. The minimum Gasteiger partial charge on any atom is -0.241 e. The van der Waals surface area contributed by atoms with Gasteiger partial charge in [-0.15, -0.1) is 5.10 Å². The number of rotatable bonds is 3. The van der Waals surface area contributed by atoms with Gasteiger partial charge in [0, 0.05) is 6.42 Å². The van der Waals surface area contributed by atoms with Crippen LogP contribution >= 0.6 is 0 Å². The minimum absolute atomic E-state index is 0.0237. The zero-order chi connectivity index (χ0) is 13.7. The van der Waals surface area contributed by atoms with Crippen molar-refractivity contribution in [2.75, 3.05) is 0 Å². The zero-order valence-corrected chi connectivity index (χ0v) is 11.8. The van der Waals surface area contributed by atoms with Crippen LogP contribution in [-0.2, 0) is 16.3 Å². The molecule has 0 bridgehead atoms. The average molecular weight is 289 g/mol. The van der Waals surface area contributed by atoms with Crippen molar-refractivity contribution >= 4 is 9.84 Å². The van der Waals surface area contributed by atoms with Crippen LogP contribution in [-0.4, -0.2) is 28.4 Å². The molecule has 0 saturated heterocycles. The van der Waals surface area contributed by atoms with E-state index in [0.717, 1.165) is 37.1 Å². The van der Waals surface area contributed by atoms with Gasteiger partial charge in [0.05, 0.1) is 11.3 Å². The van der Waals surface area contributed by atoms with Gasteiger partial charge in [-0.05, 0) is 24.8 Å². The molecule has 1 aromatic carbocycles. The Morgan fingerprint density at radius 3 is 2.55 bits per heavy atom. The van der Waals surface area contributed by atoms with E-state index in [4.69, 9.17) is 0 Å². The Morgan fingerprint density at radius 2 is 1.85 bits per heavy atom. The molecule has 4 rings (SSSR count). The molecule has 6 heteroatoms. The first-order valence-corrected chi connectivity index (χ1v) is 8.45. The molecule has 1 saturated carbocycles. The van der Waals surface area contributed by atoms with Gasteiger partial charge in [0.2, 0.25) is 9.84 Å². The third kappa shape index (κ3) is 1.78. The van der Waals surface area contributed by atoms with Crippen LogP contribution in [0, 0.1) is 0 Å². The van der Waals surface area contributed by atoms with E-state index in [1.165, 1.54) is 0 Å². The van der Waals surface area contributed by atoms with Crippen molar-refractivity contribution in [3.63, 3.8) is 0 Å². The number of benzene rings is 1. The smallest absolute Gasteiger partial charge is 0.241 e. The van der Waals surface area contributed by atoms with Gasteiger partial charge in [-0.25, -0.2) is 18.1 Å². The lowest BCUT2D eigenvalue weighted by molar-refractivity contribution is 0.532. The molecule has 1 aliphatic carbocycles. The Hall–Kier alpha value is -1.69. The lowest BCUT2D eigenvalue weighted by atomic mass is 10.1. The van der Waals surface area contributed by atoms with Gasteiger partial charge in [0.15, 0.2) is 0 Å². The Morgan fingerprint density at radius 1 is 1.10 bits per heavy atom. The van der Waals surface area contributed by atoms with E-state index < -0.39 is 9.84 Å². The summed E-state index contributed by atoms with van der Waals surface area (Å²) in [7, 11) is -3.29. The van der Waals surface area contributed by atoms with Gasteiger partial charge >= 0.3 is 0 Å². The first kappa shape index (κ1) is 12.1. The van der Waals surface area contributed by atoms with Crippen molar-refractivity contribution in [3.05, 3.63) is 41.7 Å². The van der Waals surface area contributed by atoms with Gasteiger partial charge in [-0.3, -0.25) is 0 Å². The van der Waals surface area contributed by atoms with Crippen molar-refractivity contribution in [3.8, 4) is 0 Å². The molecule has 1 aliphatic heterocycles. The molecular formula is C14H15N3O2S. The van der Waals surface area contributed by atoms with Crippen molar-refractivity contribution < 1.29 is 8.42 Å². The second kappa shape index (κ2) is 4.15. The van der Waals surface area contributed by atoms with Crippen LogP contribution in [0.3, 0.4) is 0 Å². The molecule has 104 valence electrons. The normalized spacial score (nSPS) is 21.9. The van der Waals surface area contributed by atoms with E-state index in [9.17, 15) is 8.42 Å². The third-order valence-electron chi connectivity index (χ3n) is 4.02. The Balaban J connectivity index is 1.74. The molecular weight excluding hydrogens is 274 g/mol. The first-order valence-electron chi connectivity index (χ1n) is 6.90. The van der Waals surface area contributed by atoms with Gasteiger partial charge in [-0.1, -0.05) is 30.3 Å². The Kier molecular flexibility index (Phi) is 2.51. The summed E-state index contributed by atoms with van der Waals surface area (Å²) < 4.78 is 26.2. The summed E-state index contributed by atoms with van der Waals surface area (Å²) in [5.74, 6) is 0.790. The van der Waals surface area contributed by atoms with Gasteiger partial charge in [0.25, 0.3) is 5.16 Å². The largest absolute Gasteiger partial charge is 0.267 e. The molecule has 0 radical (unpaired) electrons. The third-order valence-corrected chi connectivity index (χ3v) is 6.05. The highest BCUT2D eigenvalue weighted by molar-refractivity contribution is 7.92. The van der Waals surface area contributed by atoms with Crippen LogP contribution in [0.25, 0.3) is 0 Å². The highest BCUT2D eigenvalue weighted by Crippen LogP contribution is 2.35. The molecule has 2 heterocycles. The molecule has 0 spiro atoms. The molecule has 2 aliphatic rings. The topological polar surface area (TPSA) is 64.8 Å². The average Bonchev–Trinajstić information content (AvgIpc) is 3.11. The van der Waals surface area contributed by atoms with E-state index in [-0.39, 0.29) is 16.4 Å². The van der Waals surface area contributed by atoms with Gasteiger partial charge in [-0.2, -0.15) is 0 Å². The number of aromatic nitrogens is 3. The van der Waals surface area contributed by atoms with Crippen LogP contribution in [0.15, 0.2) is 35.5 Å². The van der Waals surface area contributed by atoms with Crippen LogP contribution < -0.4 is 0 Å². The predicted molar refractivity (Wildman–Crippen MR) is 73.1 cm³/mol. The standard InChI is InChI=1S/C14H15N3O2S/c18-20(19,11-6-7-11)14-15-13-9-8-12(17(13)16-14)10-4-2-1-3-5-10/h1-5,11-12H,6-9H2/t12-/m0/s1. The fraction of sp³-hybridized carbons (Fsp3) is 0.429. The maximum Gasteiger partial charge on any atom is 0.267 e. The monoisotopic (exact) mass is 289 g/mol. The fourth-order valence-electron chi connectivity index (χ4n) is 2.77. The molecule has 1 aromatic heterocycles. The quantitative estimate of drug-likeness (QED) is 0.863. The van der Waals surface area contributed by atoms with E-state index in [1.54, 1.807) is 4.68 Å². The summed E-state index contributed by atoms with van der Waals surface area (Å²) in [6.07, 6.45) is 3.21. The SMILES string of the molecule is O=S(=O)(c1nc2n(n1)[C@H](c1ccccc1)CC2)C1CC1. The number of fused-ring (bicyclic) bond motifs is 1. The van der Waals surface area contributed by atoms with Crippen molar-refractivity contribution in [2.24, 2.45) is 0 Å². The number of nitrogens with zero attached hydrogens (tertiary/aromatic N) is 3. The lowest BCUT2D eigenvalue weighted by Crippen LogP contribution is -2.12. The van der Waals surface area contributed by atoms with Crippen LogP contribution in [0.2, 0.25) is 0 Å². The summed E-state index contributed by atoms with van der Waals surface area (Å²) >= 11 is 0. The fourth-order valence-corrected chi connectivity index (χ4v) is 4.26. The Bertz CT molecular complexity index is 748. The Labute approximate surface area is 117 Å². The van der Waals surface area contributed by atoms with Crippen molar-refractivity contribution in [2.45, 2.75) is 42.1 Å². The highest BCUT2D eigenvalue weighted by Gasteiger charge is 2.41. The molecule has 2 aromatic rings. The van der Waals surface area contributed by atoms with Crippen molar-refractivity contribution in [1.82, 2.24) is 14.8 Å².